The van der Waals surface area contributed by atoms with Gasteiger partial charge in [0.2, 0.25) is 0 Å². The van der Waals surface area contributed by atoms with Gasteiger partial charge in [-0.15, -0.1) is 0 Å². The third-order valence-corrected chi connectivity index (χ3v) is 2.49. The number of carbonyl (C=O) groups is 1. The molecule has 0 saturated carbocycles. The average molecular weight is 245 g/mol. The molecule has 2 aromatic rings. The molecule has 1 aromatic carbocycles. The molecule has 1 N–H and O–H groups in total. The highest BCUT2D eigenvalue weighted by Gasteiger charge is 2.06. The molecule has 1 heterocycles. The van der Waals surface area contributed by atoms with E-state index in [0.29, 0.717) is 5.75 Å². The van der Waals surface area contributed by atoms with Gasteiger partial charge < -0.3 is 9.47 Å². The van der Waals surface area contributed by atoms with Crippen LogP contribution >= 0.6 is 0 Å². The van der Waals surface area contributed by atoms with Crippen molar-refractivity contribution >= 4 is 5.97 Å². The highest BCUT2D eigenvalue weighted by molar-refractivity contribution is 5.71. The summed E-state index contributed by atoms with van der Waals surface area (Å²) in [5.41, 5.74) is 2.81. The van der Waals surface area contributed by atoms with Gasteiger partial charge in [-0.05, 0) is 36.8 Å². The molecule has 0 amide bonds. The van der Waals surface area contributed by atoms with Crippen LogP contribution in [0, 0.1) is 13.0 Å². The maximum Gasteiger partial charge on any atom is 0.343 e. The van der Waals surface area contributed by atoms with Crippen LogP contribution in [0.25, 0.3) is 11.1 Å². The largest absolute Gasteiger partial charge is 0.482 e. The lowest BCUT2D eigenvalue weighted by Gasteiger charge is -2.06. The molecule has 5 nitrogen and oxygen atoms in total. The first-order chi connectivity index (χ1) is 8.70. The van der Waals surface area contributed by atoms with Gasteiger partial charge in [0.25, 0.3) is 0 Å². The van der Waals surface area contributed by atoms with Crippen molar-refractivity contribution < 1.29 is 14.3 Å². The van der Waals surface area contributed by atoms with Crippen LogP contribution < -0.4 is 4.74 Å². The second-order valence-corrected chi connectivity index (χ2v) is 3.71. The number of aromatic amines is 1. The lowest BCUT2D eigenvalue weighted by molar-refractivity contribution is -0.142. The Hall–Kier alpha value is -2.30. The summed E-state index contributed by atoms with van der Waals surface area (Å²) in [4.78, 5) is 11.0. The topological polar surface area (TPSA) is 64.2 Å². The SMILES string of the molecule is COC(=O)COc1c[c]cc(-c2c[nH]nc2C)c1. The van der Waals surface area contributed by atoms with Crippen LogP contribution in [-0.2, 0) is 9.53 Å². The zero-order valence-corrected chi connectivity index (χ0v) is 10.2. The van der Waals surface area contributed by atoms with Crippen LogP contribution in [0.4, 0.5) is 0 Å². The fraction of sp³-hybridized carbons (Fsp3) is 0.231. The van der Waals surface area contributed by atoms with Crippen molar-refractivity contribution in [3.63, 3.8) is 0 Å². The summed E-state index contributed by atoms with van der Waals surface area (Å²) >= 11 is 0. The number of H-pyrrole nitrogens is 1. The van der Waals surface area contributed by atoms with E-state index in [1.807, 2.05) is 25.3 Å². The molecule has 1 aromatic heterocycles. The molecule has 0 bridgehead atoms. The van der Waals surface area contributed by atoms with E-state index in [-0.39, 0.29) is 6.61 Å². The molecule has 18 heavy (non-hydrogen) atoms. The van der Waals surface area contributed by atoms with E-state index < -0.39 is 5.97 Å². The quantitative estimate of drug-likeness (QED) is 0.833. The van der Waals surface area contributed by atoms with Gasteiger partial charge in [0.05, 0.1) is 12.8 Å². The molecule has 0 aliphatic rings. The Labute approximate surface area is 105 Å². The van der Waals surface area contributed by atoms with Crippen LogP contribution in [0.3, 0.4) is 0 Å². The van der Waals surface area contributed by atoms with Crippen molar-refractivity contribution in [2.45, 2.75) is 6.92 Å². The Kier molecular flexibility index (Phi) is 3.62. The molecular weight excluding hydrogens is 232 g/mol. The summed E-state index contributed by atoms with van der Waals surface area (Å²) in [6.07, 6.45) is 1.81. The van der Waals surface area contributed by atoms with Gasteiger partial charge in [0.15, 0.2) is 6.61 Å². The summed E-state index contributed by atoms with van der Waals surface area (Å²) in [7, 11) is 1.32. The number of nitrogens with zero attached hydrogens (tertiary/aromatic N) is 1. The number of methoxy groups -OCH3 is 1. The Morgan fingerprint density at radius 1 is 1.50 bits per heavy atom. The van der Waals surface area contributed by atoms with Crippen LogP contribution in [0.15, 0.2) is 24.4 Å². The van der Waals surface area contributed by atoms with Crippen molar-refractivity contribution in [2.24, 2.45) is 0 Å². The minimum Gasteiger partial charge on any atom is -0.482 e. The maximum absolute atomic E-state index is 11.0. The van der Waals surface area contributed by atoms with Crippen molar-refractivity contribution in [2.75, 3.05) is 13.7 Å². The van der Waals surface area contributed by atoms with Gasteiger partial charge in [-0.1, -0.05) is 0 Å². The van der Waals surface area contributed by atoms with Crippen LogP contribution in [-0.4, -0.2) is 29.9 Å². The van der Waals surface area contributed by atoms with Gasteiger partial charge in [0.1, 0.15) is 5.75 Å². The van der Waals surface area contributed by atoms with Crippen LogP contribution in [0.5, 0.6) is 5.75 Å². The first-order valence-corrected chi connectivity index (χ1v) is 5.42. The van der Waals surface area contributed by atoms with Crippen LogP contribution in [0.2, 0.25) is 0 Å². The van der Waals surface area contributed by atoms with Crippen molar-refractivity contribution in [3.05, 3.63) is 36.2 Å². The van der Waals surface area contributed by atoms with E-state index in [9.17, 15) is 4.79 Å². The summed E-state index contributed by atoms with van der Waals surface area (Å²) < 4.78 is 9.81. The number of nitrogens with one attached hydrogen (secondary N) is 1. The van der Waals surface area contributed by atoms with E-state index in [1.165, 1.54) is 7.11 Å². The fourth-order valence-corrected chi connectivity index (χ4v) is 1.54. The minimum atomic E-state index is -0.417. The zero-order valence-electron chi connectivity index (χ0n) is 10.2. The number of aryl methyl sites for hydroxylation is 1. The van der Waals surface area contributed by atoms with Crippen molar-refractivity contribution in [3.8, 4) is 16.9 Å². The number of benzene rings is 1. The molecule has 0 aliphatic heterocycles. The Morgan fingerprint density at radius 2 is 2.33 bits per heavy atom. The van der Waals surface area contributed by atoms with Crippen LogP contribution in [0.1, 0.15) is 5.69 Å². The minimum absolute atomic E-state index is 0.113. The summed E-state index contributed by atoms with van der Waals surface area (Å²) in [6.45, 7) is 1.80. The predicted octanol–water partition coefficient (Wildman–Crippen LogP) is 1.74. The van der Waals surface area contributed by atoms with E-state index in [0.717, 1.165) is 16.8 Å². The van der Waals surface area contributed by atoms with Gasteiger partial charge in [-0.3, -0.25) is 5.10 Å². The van der Waals surface area contributed by atoms with Gasteiger partial charge in [-0.2, -0.15) is 5.10 Å². The molecule has 0 aliphatic carbocycles. The van der Waals surface area contributed by atoms with Crippen molar-refractivity contribution in [1.29, 1.82) is 0 Å². The van der Waals surface area contributed by atoms with E-state index in [1.54, 1.807) is 6.07 Å². The first kappa shape index (κ1) is 12.2. The molecule has 93 valence electrons. The summed E-state index contributed by atoms with van der Waals surface area (Å²) in [5, 5.41) is 6.85. The highest BCUT2D eigenvalue weighted by atomic mass is 16.6. The number of hydrogen-bond acceptors (Lipinski definition) is 4. The monoisotopic (exact) mass is 245 g/mol. The Morgan fingerprint density at radius 3 is 3.00 bits per heavy atom. The second-order valence-electron chi connectivity index (χ2n) is 3.71. The maximum atomic E-state index is 11.0. The smallest absolute Gasteiger partial charge is 0.343 e. The molecular formula is C13H13N2O3. The Bertz CT molecular complexity index is 549. The molecule has 5 heteroatoms. The number of esters is 1. The number of ether oxygens (including phenoxy) is 2. The fourth-order valence-electron chi connectivity index (χ4n) is 1.54. The molecule has 0 spiro atoms. The second kappa shape index (κ2) is 5.35. The molecule has 0 unspecified atom stereocenters. The average Bonchev–Trinajstić information content (AvgIpc) is 2.82. The zero-order chi connectivity index (χ0) is 13.0. The third kappa shape index (κ3) is 2.68. The third-order valence-electron chi connectivity index (χ3n) is 2.49. The number of rotatable bonds is 4. The molecule has 2 rings (SSSR count). The Balaban J connectivity index is 2.15. The van der Waals surface area contributed by atoms with E-state index in [4.69, 9.17) is 4.74 Å². The normalized spacial score (nSPS) is 10.1. The number of hydrogen-bond donors (Lipinski definition) is 1. The number of carbonyl (C=O) groups excluding carboxylic acids is 1. The lowest BCUT2D eigenvalue weighted by Crippen LogP contribution is -2.12. The van der Waals surface area contributed by atoms with E-state index >= 15 is 0 Å². The number of aromatic nitrogens is 2. The summed E-state index contributed by atoms with van der Waals surface area (Å²) in [6, 6.07) is 8.30. The van der Waals surface area contributed by atoms with Gasteiger partial charge in [0, 0.05) is 11.8 Å². The molecule has 0 atom stereocenters. The highest BCUT2D eigenvalue weighted by Crippen LogP contribution is 2.24. The summed E-state index contributed by atoms with van der Waals surface area (Å²) in [5.74, 6) is 0.151. The van der Waals surface area contributed by atoms with Gasteiger partial charge >= 0.3 is 5.97 Å². The first-order valence-electron chi connectivity index (χ1n) is 5.42. The van der Waals surface area contributed by atoms with E-state index in [2.05, 4.69) is 21.0 Å². The predicted molar refractivity (Wildman–Crippen MR) is 65.1 cm³/mol. The molecule has 0 saturated heterocycles. The molecule has 0 fully saturated rings. The van der Waals surface area contributed by atoms with Gasteiger partial charge in [-0.25, -0.2) is 4.79 Å². The van der Waals surface area contributed by atoms with Crippen molar-refractivity contribution in [1.82, 2.24) is 10.2 Å². The molecule has 1 radical (unpaired) electrons. The lowest BCUT2D eigenvalue weighted by atomic mass is 10.1. The standard InChI is InChI=1S/C13H13N2O3/c1-9-12(7-14-15-9)10-4-3-5-11(6-10)18-8-13(16)17-2/h4-7H,8H2,1-2H3,(H,14,15).